The zero-order valence-corrected chi connectivity index (χ0v) is 13.2. The number of carbonyl (C=O) groups excluding carboxylic acids is 2. The second-order valence-electron chi connectivity index (χ2n) is 4.75. The molecule has 0 saturated heterocycles. The van der Waals surface area contributed by atoms with E-state index in [-0.39, 0.29) is 0 Å². The standard InChI is InChI=1S/C16H13N5O2S/c17-15(22)16(23)19-18-9-11-10-21(12-5-2-1-3-6-12)20-14(11)13-7-4-8-24-13/h1-10H,(H2,17,22)(H,19,23). The summed E-state index contributed by atoms with van der Waals surface area (Å²) in [6.45, 7) is 0. The molecule has 0 unspecified atom stereocenters. The number of nitrogens with one attached hydrogen (secondary N) is 1. The average Bonchev–Trinajstić information content (AvgIpc) is 3.24. The van der Waals surface area contributed by atoms with E-state index in [4.69, 9.17) is 5.73 Å². The fraction of sp³-hybridized carbons (Fsp3) is 0. The summed E-state index contributed by atoms with van der Waals surface area (Å²) in [5, 5.41) is 10.3. The van der Waals surface area contributed by atoms with Crippen LogP contribution in [0.3, 0.4) is 0 Å². The predicted molar refractivity (Wildman–Crippen MR) is 91.8 cm³/mol. The van der Waals surface area contributed by atoms with Gasteiger partial charge in [0.2, 0.25) is 0 Å². The van der Waals surface area contributed by atoms with Crippen LogP contribution >= 0.6 is 11.3 Å². The first-order valence-electron chi connectivity index (χ1n) is 6.97. The maximum atomic E-state index is 11.2. The Morgan fingerprint density at radius 3 is 2.67 bits per heavy atom. The van der Waals surface area contributed by atoms with Gasteiger partial charge in [-0.1, -0.05) is 24.3 Å². The van der Waals surface area contributed by atoms with Gasteiger partial charge in [0.1, 0.15) is 5.69 Å². The number of rotatable bonds is 4. The van der Waals surface area contributed by atoms with Crippen molar-refractivity contribution < 1.29 is 9.59 Å². The number of hydrogen-bond acceptors (Lipinski definition) is 5. The van der Waals surface area contributed by atoms with Crippen LogP contribution < -0.4 is 11.2 Å². The summed E-state index contributed by atoms with van der Waals surface area (Å²) in [6.07, 6.45) is 3.23. The molecule has 0 aliphatic rings. The molecule has 0 fully saturated rings. The minimum Gasteiger partial charge on any atom is -0.361 e. The van der Waals surface area contributed by atoms with Gasteiger partial charge in [0.25, 0.3) is 0 Å². The summed E-state index contributed by atoms with van der Waals surface area (Å²) < 4.78 is 1.73. The van der Waals surface area contributed by atoms with Gasteiger partial charge in [-0.15, -0.1) is 11.3 Å². The van der Waals surface area contributed by atoms with Crippen molar-refractivity contribution >= 4 is 29.4 Å². The lowest BCUT2D eigenvalue weighted by Crippen LogP contribution is -2.32. The molecule has 0 atom stereocenters. The maximum absolute atomic E-state index is 11.2. The molecule has 0 radical (unpaired) electrons. The fourth-order valence-electron chi connectivity index (χ4n) is 2.02. The van der Waals surface area contributed by atoms with Crippen LogP contribution in [-0.4, -0.2) is 27.8 Å². The van der Waals surface area contributed by atoms with E-state index < -0.39 is 11.8 Å². The van der Waals surface area contributed by atoms with Crippen LogP contribution in [-0.2, 0) is 9.59 Å². The highest BCUT2D eigenvalue weighted by Gasteiger charge is 2.12. The molecule has 0 bridgehead atoms. The van der Waals surface area contributed by atoms with Gasteiger partial charge in [-0.3, -0.25) is 9.59 Å². The summed E-state index contributed by atoms with van der Waals surface area (Å²) in [4.78, 5) is 22.8. The quantitative estimate of drug-likeness (QED) is 0.428. The first-order valence-corrected chi connectivity index (χ1v) is 7.85. The highest BCUT2D eigenvalue weighted by Crippen LogP contribution is 2.26. The van der Waals surface area contributed by atoms with Crippen molar-refractivity contribution in [3.8, 4) is 16.3 Å². The molecule has 2 aromatic heterocycles. The number of amides is 2. The number of aromatic nitrogens is 2. The van der Waals surface area contributed by atoms with E-state index in [1.165, 1.54) is 6.21 Å². The SMILES string of the molecule is NC(=O)C(=O)NN=Cc1cn(-c2ccccc2)nc1-c1cccs1. The zero-order valence-electron chi connectivity index (χ0n) is 12.4. The monoisotopic (exact) mass is 339 g/mol. The molecule has 24 heavy (non-hydrogen) atoms. The molecule has 2 heterocycles. The summed E-state index contributed by atoms with van der Waals surface area (Å²) in [5.74, 6) is -2.06. The Kier molecular flexibility index (Phi) is 4.48. The van der Waals surface area contributed by atoms with Crippen LogP contribution in [0.25, 0.3) is 16.3 Å². The van der Waals surface area contributed by atoms with Crippen LogP contribution in [0, 0.1) is 0 Å². The lowest BCUT2D eigenvalue weighted by atomic mass is 10.2. The molecule has 120 valence electrons. The number of hydrogen-bond donors (Lipinski definition) is 2. The van der Waals surface area contributed by atoms with E-state index in [0.29, 0.717) is 5.56 Å². The molecule has 2 amide bonds. The van der Waals surface area contributed by atoms with Gasteiger partial charge in [0.05, 0.1) is 16.8 Å². The lowest BCUT2D eigenvalue weighted by molar-refractivity contribution is -0.137. The summed E-state index contributed by atoms with van der Waals surface area (Å²) in [7, 11) is 0. The first-order chi connectivity index (χ1) is 11.6. The van der Waals surface area contributed by atoms with E-state index in [2.05, 4.69) is 15.6 Å². The van der Waals surface area contributed by atoms with Gasteiger partial charge >= 0.3 is 11.8 Å². The normalized spacial score (nSPS) is 10.8. The first kappa shape index (κ1) is 15.6. The number of hydrazone groups is 1. The number of primary amides is 1. The van der Waals surface area contributed by atoms with Gasteiger partial charge < -0.3 is 5.73 Å². The Morgan fingerprint density at radius 1 is 1.21 bits per heavy atom. The van der Waals surface area contributed by atoms with E-state index in [1.54, 1.807) is 22.2 Å². The third kappa shape index (κ3) is 3.39. The summed E-state index contributed by atoms with van der Waals surface area (Å²) in [5.41, 5.74) is 9.26. The highest BCUT2D eigenvalue weighted by atomic mass is 32.1. The smallest absolute Gasteiger partial charge is 0.329 e. The van der Waals surface area contributed by atoms with Crippen LogP contribution in [0.15, 0.2) is 59.1 Å². The van der Waals surface area contributed by atoms with E-state index >= 15 is 0 Å². The van der Waals surface area contributed by atoms with E-state index in [9.17, 15) is 9.59 Å². The van der Waals surface area contributed by atoms with Crippen LogP contribution in [0.2, 0.25) is 0 Å². The van der Waals surface area contributed by atoms with Gasteiger partial charge in [0, 0.05) is 11.8 Å². The topological polar surface area (TPSA) is 102 Å². The molecule has 8 heteroatoms. The number of para-hydroxylation sites is 1. The lowest BCUT2D eigenvalue weighted by Gasteiger charge is -1.98. The number of nitrogens with two attached hydrogens (primary N) is 1. The van der Waals surface area contributed by atoms with E-state index in [1.807, 2.05) is 47.8 Å². The van der Waals surface area contributed by atoms with Crippen LogP contribution in [0.4, 0.5) is 0 Å². The third-order valence-electron chi connectivity index (χ3n) is 3.11. The van der Waals surface area contributed by atoms with E-state index in [0.717, 1.165) is 16.3 Å². The minimum atomic E-state index is -1.09. The van der Waals surface area contributed by atoms with Gasteiger partial charge in [-0.05, 0) is 23.6 Å². The summed E-state index contributed by atoms with van der Waals surface area (Å²) >= 11 is 1.54. The van der Waals surface area contributed by atoms with Crippen LogP contribution in [0.5, 0.6) is 0 Å². The molecular weight excluding hydrogens is 326 g/mol. The van der Waals surface area contributed by atoms with Crippen molar-refractivity contribution in [1.82, 2.24) is 15.2 Å². The van der Waals surface area contributed by atoms with Crippen molar-refractivity contribution in [2.24, 2.45) is 10.8 Å². The molecule has 3 aromatic rings. The van der Waals surface area contributed by atoms with Crippen molar-refractivity contribution in [3.63, 3.8) is 0 Å². The molecule has 0 aliphatic heterocycles. The molecule has 3 rings (SSSR count). The second kappa shape index (κ2) is 6.88. The van der Waals surface area contributed by atoms with Crippen molar-refractivity contribution in [1.29, 1.82) is 0 Å². The number of thiophene rings is 1. The molecule has 0 saturated carbocycles. The second-order valence-corrected chi connectivity index (χ2v) is 5.70. The van der Waals surface area contributed by atoms with Crippen molar-refractivity contribution in [2.75, 3.05) is 0 Å². The largest absolute Gasteiger partial charge is 0.361 e. The Labute approximate surface area is 141 Å². The predicted octanol–water partition coefficient (Wildman–Crippen LogP) is 1.54. The number of nitrogens with zero attached hydrogens (tertiary/aromatic N) is 3. The Balaban J connectivity index is 1.95. The molecular formula is C16H13N5O2S. The Bertz CT molecular complexity index is 885. The number of benzene rings is 1. The van der Waals surface area contributed by atoms with Gasteiger partial charge in [-0.25, -0.2) is 10.1 Å². The summed E-state index contributed by atoms with van der Waals surface area (Å²) in [6, 6.07) is 13.5. The molecule has 1 aromatic carbocycles. The molecule has 0 spiro atoms. The minimum absolute atomic E-state index is 0.700. The molecule has 3 N–H and O–H groups in total. The molecule has 7 nitrogen and oxygen atoms in total. The van der Waals surface area contributed by atoms with Gasteiger partial charge in [-0.2, -0.15) is 10.2 Å². The fourth-order valence-corrected chi connectivity index (χ4v) is 2.75. The Hall–Kier alpha value is -3.26. The molecule has 0 aliphatic carbocycles. The van der Waals surface area contributed by atoms with Crippen LogP contribution in [0.1, 0.15) is 5.56 Å². The third-order valence-corrected chi connectivity index (χ3v) is 3.99. The highest BCUT2D eigenvalue weighted by molar-refractivity contribution is 7.13. The number of carbonyl (C=O) groups is 2. The zero-order chi connectivity index (χ0) is 16.9. The maximum Gasteiger partial charge on any atom is 0.329 e. The van der Waals surface area contributed by atoms with Gasteiger partial charge in [0.15, 0.2) is 0 Å². The van der Waals surface area contributed by atoms with Crippen molar-refractivity contribution in [2.45, 2.75) is 0 Å². The van der Waals surface area contributed by atoms with Crippen molar-refractivity contribution in [3.05, 3.63) is 59.6 Å². The average molecular weight is 339 g/mol. The Morgan fingerprint density at radius 2 is 2.00 bits per heavy atom.